The Kier molecular flexibility index (Phi) is 4.04. The highest BCUT2D eigenvalue weighted by Gasteiger charge is 2.48. The second-order valence-electron chi connectivity index (χ2n) is 5.85. The minimum Gasteiger partial charge on any atom is -0.395 e. The largest absolute Gasteiger partial charge is 0.395 e. The van der Waals surface area contributed by atoms with Crippen molar-refractivity contribution in [3.05, 3.63) is 63.7 Å². The van der Waals surface area contributed by atoms with E-state index < -0.39 is 11.1 Å². The first-order valence-corrected chi connectivity index (χ1v) is 7.42. The third-order valence-electron chi connectivity index (χ3n) is 4.25. The Hall–Kier alpha value is -2.77. The molecule has 0 spiro atoms. The third-order valence-corrected chi connectivity index (χ3v) is 4.25. The molecule has 1 aliphatic rings. The van der Waals surface area contributed by atoms with Gasteiger partial charge in [-0.2, -0.15) is 4.98 Å². The molecule has 2 aromatic rings. The highest BCUT2D eigenvalue weighted by Crippen LogP contribution is 2.51. The molecule has 24 heavy (non-hydrogen) atoms. The number of anilines is 1. The summed E-state index contributed by atoms with van der Waals surface area (Å²) in [6.45, 7) is -0.412. The minimum absolute atomic E-state index is 0.122. The Labute approximate surface area is 137 Å². The van der Waals surface area contributed by atoms with Crippen molar-refractivity contribution >= 4 is 17.8 Å². The summed E-state index contributed by atoms with van der Waals surface area (Å²) in [4.78, 5) is 28.2. The van der Waals surface area contributed by atoms with Crippen LogP contribution in [0, 0.1) is 5.41 Å². The van der Waals surface area contributed by atoms with Crippen molar-refractivity contribution in [3.63, 3.8) is 0 Å². The maximum atomic E-state index is 12.5. The van der Waals surface area contributed by atoms with Crippen LogP contribution in [0.2, 0.25) is 0 Å². The molecule has 0 bridgehead atoms. The molecule has 7 heteroatoms. The molecular weight excluding hydrogens is 310 g/mol. The summed E-state index contributed by atoms with van der Waals surface area (Å²) < 4.78 is 1.16. The number of benzene rings is 1. The molecule has 0 atom stereocenters. The monoisotopic (exact) mass is 327 g/mol. The number of carbonyl (C=O) groups is 1. The van der Waals surface area contributed by atoms with Crippen LogP contribution in [0.25, 0.3) is 6.20 Å². The van der Waals surface area contributed by atoms with Gasteiger partial charge in [0.25, 0.3) is 0 Å². The van der Waals surface area contributed by atoms with Gasteiger partial charge in [-0.3, -0.25) is 9.36 Å². The fourth-order valence-corrected chi connectivity index (χ4v) is 2.53. The highest BCUT2D eigenvalue weighted by molar-refractivity contribution is 6.11. The van der Waals surface area contributed by atoms with E-state index in [2.05, 4.69) is 4.98 Å². The zero-order valence-electron chi connectivity index (χ0n) is 12.8. The first-order valence-electron chi connectivity index (χ1n) is 7.42. The summed E-state index contributed by atoms with van der Waals surface area (Å²) >= 11 is 0. The summed E-state index contributed by atoms with van der Waals surface area (Å²) in [7, 11) is 0. The van der Waals surface area contributed by atoms with Gasteiger partial charge in [0.1, 0.15) is 5.82 Å². The normalized spacial score (nSPS) is 17.0. The van der Waals surface area contributed by atoms with Gasteiger partial charge in [0, 0.05) is 23.4 Å². The molecule has 1 aliphatic carbocycles. The molecule has 1 heterocycles. The number of aliphatic hydroxyl groups is 2. The average molecular weight is 327 g/mol. The van der Waals surface area contributed by atoms with Crippen molar-refractivity contribution in [2.45, 2.75) is 6.42 Å². The SMILES string of the molecule is Nc1nc(=O)n(C=C2CC2(CO)CO)cc1C(=O)c1ccccc1. The second-order valence-corrected chi connectivity index (χ2v) is 5.85. The number of nitrogen functional groups attached to an aromatic ring is 1. The fraction of sp³-hybridized carbons (Fsp3) is 0.235. The predicted octanol–water partition coefficient (Wildman–Crippen LogP) is 0.272. The van der Waals surface area contributed by atoms with E-state index in [1.165, 1.54) is 12.4 Å². The van der Waals surface area contributed by atoms with Gasteiger partial charge in [0.2, 0.25) is 0 Å². The molecule has 0 amide bonds. The number of nitrogens with zero attached hydrogens (tertiary/aromatic N) is 2. The van der Waals surface area contributed by atoms with Gasteiger partial charge < -0.3 is 15.9 Å². The average Bonchev–Trinajstić information content (AvgIpc) is 3.31. The number of aliphatic hydroxyl groups excluding tert-OH is 2. The van der Waals surface area contributed by atoms with Crippen LogP contribution < -0.4 is 11.4 Å². The lowest BCUT2D eigenvalue weighted by Gasteiger charge is -2.08. The van der Waals surface area contributed by atoms with E-state index in [0.29, 0.717) is 12.0 Å². The standard InChI is InChI=1S/C17H17N3O4/c18-15-13(14(23)11-4-2-1-3-5-11)8-20(16(24)19-15)7-12-6-17(12,9-21)10-22/h1-5,7-8,21-22H,6,9-10H2,(H2,18,19,24). The predicted molar refractivity (Wildman–Crippen MR) is 88.3 cm³/mol. The lowest BCUT2D eigenvalue weighted by molar-refractivity contribution is 0.103. The van der Waals surface area contributed by atoms with Crippen LogP contribution in [-0.4, -0.2) is 38.8 Å². The van der Waals surface area contributed by atoms with Crippen LogP contribution in [0.1, 0.15) is 22.3 Å². The summed E-state index contributed by atoms with van der Waals surface area (Å²) in [5.41, 5.74) is 5.70. The van der Waals surface area contributed by atoms with Crippen molar-refractivity contribution in [2.24, 2.45) is 5.41 Å². The number of carbonyl (C=O) groups excluding carboxylic acids is 1. The minimum atomic E-state index is -0.690. The number of hydrogen-bond acceptors (Lipinski definition) is 6. The van der Waals surface area contributed by atoms with Crippen molar-refractivity contribution < 1.29 is 15.0 Å². The highest BCUT2D eigenvalue weighted by atomic mass is 16.3. The Morgan fingerprint density at radius 1 is 1.29 bits per heavy atom. The van der Waals surface area contributed by atoms with Gasteiger partial charge in [-0.1, -0.05) is 30.3 Å². The number of rotatable bonds is 5. The number of aromatic nitrogens is 2. The number of hydrogen-bond donors (Lipinski definition) is 3. The molecule has 1 aromatic carbocycles. The van der Waals surface area contributed by atoms with E-state index in [0.717, 1.165) is 10.1 Å². The van der Waals surface area contributed by atoms with Crippen molar-refractivity contribution in [1.29, 1.82) is 0 Å². The fourth-order valence-electron chi connectivity index (χ4n) is 2.53. The van der Waals surface area contributed by atoms with Crippen LogP contribution in [0.15, 0.2) is 46.9 Å². The van der Waals surface area contributed by atoms with Gasteiger partial charge in [-0.15, -0.1) is 0 Å². The Balaban J connectivity index is 2.01. The molecule has 7 nitrogen and oxygen atoms in total. The molecule has 0 saturated heterocycles. The number of ketones is 1. The van der Waals surface area contributed by atoms with E-state index >= 15 is 0 Å². The lowest BCUT2D eigenvalue weighted by Crippen LogP contribution is -2.23. The van der Waals surface area contributed by atoms with Gasteiger partial charge in [-0.05, 0) is 12.0 Å². The Morgan fingerprint density at radius 2 is 1.96 bits per heavy atom. The molecule has 0 unspecified atom stereocenters. The molecule has 124 valence electrons. The summed E-state index contributed by atoms with van der Waals surface area (Å²) in [6.07, 6.45) is 3.31. The van der Waals surface area contributed by atoms with Crippen molar-refractivity contribution in [3.8, 4) is 0 Å². The second kappa shape index (κ2) is 6.03. The summed E-state index contributed by atoms with van der Waals surface area (Å²) in [5.74, 6) is -0.464. The van der Waals surface area contributed by atoms with Crippen molar-refractivity contribution in [1.82, 2.24) is 9.55 Å². The first-order chi connectivity index (χ1) is 11.5. The first kappa shape index (κ1) is 16.1. The molecule has 0 aliphatic heterocycles. The van der Waals surface area contributed by atoms with E-state index in [-0.39, 0.29) is 30.4 Å². The Morgan fingerprint density at radius 3 is 2.54 bits per heavy atom. The van der Waals surface area contributed by atoms with Crippen LogP contribution >= 0.6 is 0 Å². The summed E-state index contributed by atoms with van der Waals surface area (Å²) in [6, 6.07) is 8.56. The molecular formula is C17H17N3O4. The van der Waals surface area contributed by atoms with E-state index in [1.54, 1.807) is 30.3 Å². The molecule has 3 rings (SSSR count). The molecule has 1 aromatic heterocycles. The molecule has 1 saturated carbocycles. The van der Waals surface area contributed by atoms with Crippen LogP contribution in [0.3, 0.4) is 0 Å². The quantitative estimate of drug-likeness (QED) is 0.679. The smallest absolute Gasteiger partial charge is 0.353 e. The van der Waals surface area contributed by atoms with E-state index in [4.69, 9.17) is 5.73 Å². The molecule has 1 fully saturated rings. The zero-order valence-corrected chi connectivity index (χ0v) is 12.8. The van der Waals surface area contributed by atoms with Crippen LogP contribution in [-0.2, 0) is 0 Å². The van der Waals surface area contributed by atoms with Gasteiger partial charge in [-0.25, -0.2) is 4.79 Å². The maximum Gasteiger partial charge on any atom is 0.353 e. The summed E-state index contributed by atoms with van der Waals surface area (Å²) in [5, 5.41) is 18.7. The molecule has 4 N–H and O–H groups in total. The Bertz CT molecular complexity index is 867. The van der Waals surface area contributed by atoms with Gasteiger partial charge >= 0.3 is 5.69 Å². The molecule has 0 radical (unpaired) electrons. The topological polar surface area (TPSA) is 118 Å². The number of nitrogens with two attached hydrogens (primary N) is 1. The van der Waals surface area contributed by atoms with E-state index in [1.807, 2.05) is 0 Å². The van der Waals surface area contributed by atoms with Crippen LogP contribution in [0.4, 0.5) is 5.82 Å². The van der Waals surface area contributed by atoms with Crippen molar-refractivity contribution in [2.75, 3.05) is 18.9 Å². The van der Waals surface area contributed by atoms with E-state index in [9.17, 15) is 19.8 Å². The van der Waals surface area contributed by atoms with Gasteiger partial charge in [0.05, 0.1) is 18.8 Å². The zero-order chi connectivity index (χ0) is 17.3. The third kappa shape index (κ3) is 2.75. The van der Waals surface area contributed by atoms with Gasteiger partial charge in [0.15, 0.2) is 5.78 Å². The van der Waals surface area contributed by atoms with Crippen LogP contribution in [0.5, 0.6) is 0 Å². The maximum absolute atomic E-state index is 12.5. The lowest BCUT2D eigenvalue weighted by atomic mass is 10.1.